The molecule has 0 unspecified atom stereocenters. The number of ether oxygens (including phenoxy) is 2. The zero-order valence-corrected chi connectivity index (χ0v) is 16.8. The number of phenols is 5. The normalized spacial score (nSPS) is 25.3. The van der Waals surface area contributed by atoms with E-state index in [2.05, 4.69) is 0 Å². The number of rotatable bonds is 6. The van der Waals surface area contributed by atoms with Crippen LogP contribution in [-0.2, 0) is 4.74 Å². The average molecular weight is 466 g/mol. The first-order chi connectivity index (χ1) is 15.5. The van der Waals surface area contributed by atoms with Gasteiger partial charge in [-0.1, -0.05) is 12.1 Å². The average Bonchev–Trinajstić information content (AvgIpc) is 2.78. The lowest BCUT2D eigenvalue weighted by molar-refractivity contribution is -0.277. The van der Waals surface area contributed by atoms with E-state index in [9.17, 15) is 50.8 Å². The van der Waals surface area contributed by atoms with Gasteiger partial charge in [-0.15, -0.1) is 0 Å². The molecule has 1 heterocycles. The highest BCUT2D eigenvalue weighted by molar-refractivity contribution is 6.11. The van der Waals surface area contributed by atoms with Crippen molar-refractivity contribution in [1.29, 1.82) is 0 Å². The van der Waals surface area contributed by atoms with Crippen LogP contribution in [0, 0.1) is 0 Å². The van der Waals surface area contributed by atoms with Crippen LogP contribution < -0.4 is 4.74 Å². The molecule has 0 aromatic heterocycles. The Morgan fingerprint density at radius 1 is 0.909 bits per heavy atom. The first kappa shape index (κ1) is 24.1. The second kappa shape index (κ2) is 9.52. The van der Waals surface area contributed by atoms with Crippen molar-refractivity contribution in [3.05, 3.63) is 41.5 Å². The van der Waals surface area contributed by atoms with Gasteiger partial charge in [-0.3, -0.25) is 4.79 Å². The van der Waals surface area contributed by atoms with E-state index < -0.39 is 77.4 Å². The standard InChI is InChI=1S/C21H22O12/c22-7-14-17(28)19(30)20(31)21(33-14)32-13-6-12(26)15(18(29)16(13)27)10(24)4-2-8-1-3-9(23)11(25)5-8/h1-6,14,17,19-23,25-31H,7H2/t14-,17+,19+,20-,21-/m0/s1. The molecule has 12 nitrogen and oxygen atoms in total. The van der Waals surface area contributed by atoms with Crippen molar-refractivity contribution >= 4 is 11.9 Å². The minimum absolute atomic E-state index is 0.310. The van der Waals surface area contributed by atoms with E-state index in [0.29, 0.717) is 5.56 Å². The second-order valence-corrected chi connectivity index (χ2v) is 7.23. The number of aliphatic hydroxyl groups excluding tert-OH is 4. The molecule has 1 saturated heterocycles. The minimum Gasteiger partial charge on any atom is -0.507 e. The fraction of sp³-hybridized carbons (Fsp3) is 0.286. The van der Waals surface area contributed by atoms with Gasteiger partial charge in [0.2, 0.25) is 12.0 Å². The van der Waals surface area contributed by atoms with Gasteiger partial charge in [-0.05, 0) is 23.8 Å². The fourth-order valence-electron chi connectivity index (χ4n) is 3.14. The lowest BCUT2D eigenvalue weighted by atomic mass is 9.99. The van der Waals surface area contributed by atoms with Crippen LogP contribution >= 0.6 is 0 Å². The van der Waals surface area contributed by atoms with Crippen molar-refractivity contribution in [2.45, 2.75) is 30.7 Å². The number of hydrogen-bond acceptors (Lipinski definition) is 12. The number of carbonyl (C=O) groups is 1. The number of benzene rings is 2. The van der Waals surface area contributed by atoms with Crippen LogP contribution in [0.25, 0.3) is 6.08 Å². The molecule has 0 bridgehead atoms. The molecule has 0 saturated carbocycles. The van der Waals surface area contributed by atoms with Gasteiger partial charge in [0.15, 0.2) is 28.8 Å². The van der Waals surface area contributed by atoms with Gasteiger partial charge in [-0.25, -0.2) is 0 Å². The third-order valence-electron chi connectivity index (χ3n) is 4.98. The van der Waals surface area contributed by atoms with Gasteiger partial charge >= 0.3 is 0 Å². The van der Waals surface area contributed by atoms with E-state index in [-0.39, 0.29) is 5.75 Å². The molecule has 0 amide bonds. The van der Waals surface area contributed by atoms with Crippen LogP contribution in [0.5, 0.6) is 34.5 Å². The Morgan fingerprint density at radius 2 is 1.61 bits per heavy atom. The highest BCUT2D eigenvalue weighted by Crippen LogP contribution is 2.44. The van der Waals surface area contributed by atoms with Gasteiger partial charge in [0.25, 0.3) is 0 Å². The Labute approximate surface area is 186 Å². The Morgan fingerprint density at radius 3 is 2.24 bits per heavy atom. The molecule has 0 spiro atoms. The van der Waals surface area contributed by atoms with Crippen molar-refractivity contribution in [1.82, 2.24) is 0 Å². The molecule has 1 aliphatic rings. The van der Waals surface area contributed by atoms with E-state index in [0.717, 1.165) is 18.2 Å². The molecule has 12 heteroatoms. The van der Waals surface area contributed by atoms with Crippen LogP contribution in [0.15, 0.2) is 30.3 Å². The smallest absolute Gasteiger partial charge is 0.229 e. The Kier molecular flexibility index (Phi) is 6.95. The van der Waals surface area contributed by atoms with Gasteiger partial charge < -0.3 is 55.4 Å². The van der Waals surface area contributed by atoms with E-state index in [4.69, 9.17) is 9.47 Å². The summed E-state index contributed by atoms with van der Waals surface area (Å²) in [4.78, 5) is 12.5. The van der Waals surface area contributed by atoms with Crippen molar-refractivity contribution in [2.75, 3.05) is 6.61 Å². The Bertz CT molecular complexity index is 1060. The van der Waals surface area contributed by atoms with Crippen LogP contribution in [0.2, 0.25) is 0 Å². The van der Waals surface area contributed by atoms with E-state index in [1.54, 1.807) is 0 Å². The summed E-state index contributed by atoms with van der Waals surface area (Å²) in [5.41, 5.74) is -0.377. The number of hydrogen-bond donors (Lipinski definition) is 9. The van der Waals surface area contributed by atoms with Gasteiger partial charge in [-0.2, -0.15) is 0 Å². The van der Waals surface area contributed by atoms with Crippen LogP contribution in [0.4, 0.5) is 0 Å². The zero-order valence-electron chi connectivity index (χ0n) is 16.8. The molecule has 3 rings (SSSR count). The fourth-order valence-corrected chi connectivity index (χ4v) is 3.14. The highest BCUT2D eigenvalue weighted by atomic mass is 16.7. The molecular weight excluding hydrogens is 444 g/mol. The summed E-state index contributed by atoms with van der Waals surface area (Å²) in [7, 11) is 0. The van der Waals surface area contributed by atoms with Crippen molar-refractivity contribution in [3.63, 3.8) is 0 Å². The first-order valence-electron chi connectivity index (χ1n) is 9.54. The van der Waals surface area contributed by atoms with E-state index in [1.807, 2.05) is 0 Å². The predicted octanol–water partition coefficient (Wildman–Crippen LogP) is -0.711. The maximum absolute atomic E-state index is 12.5. The molecule has 0 aliphatic carbocycles. The molecule has 1 aliphatic heterocycles. The predicted molar refractivity (Wildman–Crippen MR) is 109 cm³/mol. The van der Waals surface area contributed by atoms with Crippen LogP contribution in [0.3, 0.4) is 0 Å². The van der Waals surface area contributed by atoms with Crippen LogP contribution in [0.1, 0.15) is 15.9 Å². The van der Waals surface area contributed by atoms with Crippen molar-refractivity contribution in [2.24, 2.45) is 0 Å². The summed E-state index contributed by atoms with van der Waals surface area (Å²) in [6.45, 7) is -0.730. The number of aromatic hydroxyl groups is 5. The molecule has 2 aromatic rings. The van der Waals surface area contributed by atoms with E-state index >= 15 is 0 Å². The monoisotopic (exact) mass is 466 g/mol. The van der Waals surface area contributed by atoms with E-state index in [1.165, 1.54) is 18.2 Å². The number of aliphatic hydroxyl groups is 4. The van der Waals surface area contributed by atoms with Gasteiger partial charge in [0, 0.05) is 6.07 Å². The summed E-state index contributed by atoms with van der Waals surface area (Å²) >= 11 is 0. The lowest BCUT2D eigenvalue weighted by Crippen LogP contribution is -2.60. The second-order valence-electron chi connectivity index (χ2n) is 7.23. The summed E-state index contributed by atoms with van der Waals surface area (Å²) < 4.78 is 10.3. The van der Waals surface area contributed by atoms with Crippen molar-refractivity contribution in [3.8, 4) is 34.5 Å². The SMILES string of the molecule is O=C(C=Cc1ccc(O)c(O)c1)c1c(O)cc(O[C@H]2O[C@@H](CO)[C@@H](O)[C@@H](O)[C@@H]2O)c(O)c1O. The van der Waals surface area contributed by atoms with Gasteiger partial charge in [0.1, 0.15) is 35.7 Å². The summed E-state index contributed by atoms with van der Waals surface area (Å²) in [6.07, 6.45) is -6.11. The first-order valence-corrected chi connectivity index (χ1v) is 9.54. The quantitative estimate of drug-likeness (QED) is 0.112. The van der Waals surface area contributed by atoms with Gasteiger partial charge in [0.05, 0.1) is 6.61 Å². The molecule has 2 aromatic carbocycles. The number of ketones is 1. The van der Waals surface area contributed by atoms with Crippen LogP contribution in [-0.4, -0.2) is 89.1 Å². The molecule has 5 atom stereocenters. The highest BCUT2D eigenvalue weighted by Gasteiger charge is 2.45. The maximum Gasteiger partial charge on any atom is 0.229 e. The zero-order chi connectivity index (χ0) is 24.4. The topological polar surface area (TPSA) is 218 Å². The third kappa shape index (κ3) is 4.79. The minimum atomic E-state index is -1.82. The lowest BCUT2D eigenvalue weighted by Gasteiger charge is -2.39. The number of carbonyl (C=O) groups excluding carboxylic acids is 1. The largest absolute Gasteiger partial charge is 0.507 e. The van der Waals surface area contributed by atoms with Crippen molar-refractivity contribution < 1.29 is 60.2 Å². The summed E-state index contributed by atoms with van der Waals surface area (Å²) in [5.74, 6) is -5.23. The third-order valence-corrected chi connectivity index (χ3v) is 4.98. The molecular formula is C21H22O12. The number of allylic oxidation sites excluding steroid dienone is 1. The summed E-state index contributed by atoms with van der Waals surface area (Å²) in [5, 5.41) is 88.3. The summed E-state index contributed by atoms with van der Waals surface area (Å²) in [6, 6.07) is 4.48. The molecule has 178 valence electrons. The Hall–Kier alpha value is -3.55. The molecule has 9 N–H and O–H groups in total. The Balaban J connectivity index is 1.84. The maximum atomic E-state index is 12.5. The molecule has 1 fully saturated rings. The molecule has 33 heavy (non-hydrogen) atoms. The number of phenolic OH excluding ortho intramolecular Hbond substituents is 5. The molecule has 0 radical (unpaired) electrons.